The highest BCUT2D eigenvalue weighted by atomic mass is 35.5. The predicted octanol–water partition coefficient (Wildman–Crippen LogP) is 3.16. The van der Waals surface area contributed by atoms with E-state index < -0.39 is 21.6 Å². The van der Waals surface area contributed by atoms with Gasteiger partial charge >= 0.3 is 5.97 Å². The molecule has 2 rings (SSSR count). The van der Waals surface area contributed by atoms with Gasteiger partial charge in [-0.25, -0.2) is 17.9 Å². The van der Waals surface area contributed by atoms with Gasteiger partial charge in [0.2, 0.25) is 10.0 Å². The lowest BCUT2D eigenvalue weighted by atomic mass is 10.2. The SMILES string of the molecule is CC(CC1CC1)NS(=O)(=O)c1ccc(Cl)c(C(=O)O)c1Cl. The van der Waals surface area contributed by atoms with Gasteiger partial charge in [-0.05, 0) is 31.4 Å². The summed E-state index contributed by atoms with van der Waals surface area (Å²) in [6.07, 6.45) is 3.00. The fraction of sp³-hybridized carbons (Fsp3) is 0.462. The summed E-state index contributed by atoms with van der Waals surface area (Å²) in [6, 6.07) is 2.20. The van der Waals surface area contributed by atoms with Gasteiger partial charge in [-0.2, -0.15) is 0 Å². The first kappa shape index (κ1) is 16.5. The van der Waals surface area contributed by atoms with Gasteiger partial charge in [0.25, 0.3) is 0 Å². The molecule has 0 heterocycles. The number of nitrogens with one attached hydrogen (secondary N) is 1. The summed E-state index contributed by atoms with van der Waals surface area (Å²) < 4.78 is 27.2. The molecule has 1 unspecified atom stereocenters. The molecule has 1 aromatic carbocycles. The molecule has 21 heavy (non-hydrogen) atoms. The van der Waals surface area contributed by atoms with Crippen molar-refractivity contribution < 1.29 is 18.3 Å². The molecule has 0 aromatic heterocycles. The van der Waals surface area contributed by atoms with Gasteiger partial charge in [0, 0.05) is 6.04 Å². The van der Waals surface area contributed by atoms with Crippen LogP contribution in [0.1, 0.15) is 36.5 Å². The maximum absolute atomic E-state index is 12.3. The van der Waals surface area contributed by atoms with Crippen molar-refractivity contribution in [3.05, 3.63) is 27.7 Å². The number of rotatable bonds is 6. The molecular formula is C13H15Cl2NO4S. The molecular weight excluding hydrogens is 337 g/mol. The zero-order valence-electron chi connectivity index (χ0n) is 11.3. The van der Waals surface area contributed by atoms with Gasteiger partial charge in [-0.15, -0.1) is 0 Å². The highest BCUT2D eigenvalue weighted by Crippen LogP contribution is 2.34. The van der Waals surface area contributed by atoms with Crippen molar-refractivity contribution in [3.8, 4) is 0 Å². The topological polar surface area (TPSA) is 83.5 Å². The third-order valence-corrected chi connectivity index (χ3v) is 5.75. The Hall–Kier alpha value is -0.820. The summed E-state index contributed by atoms with van der Waals surface area (Å²) >= 11 is 11.7. The Balaban J connectivity index is 2.31. The number of aromatic carboxylic acids is 1. The van der Waals surface area contributed by atoms with Crippen molar-refractivity contribution in [3.63, 3.8) is 0 Å². The molecule has 1 atom stereocenters. The second kappa shape index (κ2) is 6.12. The zero-order chi connectivity index (χ0) is 15.8. The van der Waals surface area contributed by atoms with Gasteiger partial charge in [0.05, 0.1) is 15.6 Å². The monoisotopic (exact) mass is 351 g/mol. The molecule has 1 saturated carbocycles. The van der Waals surface area contributed by atoms with Crippen molar-refractivity contribution in [2.24, 2.45) is 5.92 Å². The summed E-state index contributed by atoms with van der Waals surface area (Å²) in [5, 5.41) is 8.59. The fourth-order valence-electron chi connectivity index (χ4n) is 2.17. The van der Waals surface area contributed by atoms with E-state index in [4.69, 9.17) is 28.3 Å². The first-order valence-electron chi connectivity index (χ1n) is 6.46. The maximum Gasteiger partial charge on any atom is 0.338 e. The first-order valence-corrected chi connectivity index (χ1v) is 8.70. The second-order valence-electron chi connectivity index (χ2n) is 5.24. The van der Waals surface area contributed by atoms with Crippen LogP contribution in [0.3, 0.4) is 0 Å². The Kier molecular flexibility index (Phi) is 4.82. The number of carboxylic acids is 1. The normalized spacial score (nSPS) is 16.7. The van der Waals surface area contributed by atoms with Crippen molar-refractivity contribution in [1.29, 1.82) is 0 Å². The van der Waals surface area contributed by atoms with E-state index in [9.17, 15) is 13.2 Å². The molecule has 0 bridgehead atoms. The summed E-state index contributed by atoms with van der Waals surface area (Å²) in [6.45, 7) is 1.78. The number of hydrogen-bond acceptors (Lipinski definition) is 3. The molecule has 2 N–H and O–H groups in total. The van der Waals surface area contributed by atoms with Crippen molar-refractivity contribution >= 4 is 39.2 Å². The number of carbonyl (C=O) groups is 1. The summed E-state index contributed by atoms with van der Waals surface area (Å²) in [5.74, 6) is -0.800. The van der Waals surface area contributed by atoms with E-state index in [1.165, 1.54) is 12.1 Å². The van der Waals surface area contributed by atoms with E-state index >= 15 is 0 Å². The van der Waals surface area contributed by atoms with Gasteiger partial charge in [-0.1, -0.05) is 36.0 Å². The van der Waals surface area contributed by atoms with Crippen LogP contribution in [0, 0.1) is 5.92 Å². The molecule has 1 fully saturated rings. The lowest BCUT2D eigenvalue weighted by Crippen LogP contribution is -2.33. The molecule has 1 aromatic rings. The molecule has 5 nitrogen and oxygen atoms in total. The summed E-state index contributed by atoms with van der Waals surface area (Å²) in [7, 11) is -3.88. The molecule has 0 spiro atoms. The largest absolute Gasteiger partial charge is 0.478 e. The van der Waals surface area contributed by atoms with Crippen LogP contribution in [0.5, 0.6) is 0 Å². The maximum atomic E-state index is 12.3. The van der Waals surface area contributed by atoms with E-state index in [0.29, 0.717) is 5.92 Å². The van der Waals surface area contributed by atoms with Gasteiger partial charge < -0.3 is 5.11 Å². The Labute approximate surface area is 133 Å². The minimum atomic E-state index is -3.88. The highest BCUT2D eigenvalue weighted by molar-refractivity contribution is 7.89. The molecule has 8 heteroatoms. The van der Waals surface area contributed by atoms with Gasteiger partial charge in [0.1, 0.15) is 4.90 Å². The van der Waals surface area contributed by atoms with Crippen LogP contribution < -0.4 is 4.72 Å². The molecule has 116 valence electrons. The Morgan fingerprint density at radius 1 is 1.43 bits per heavy atom. The Morgan fingerprint density at radius 2 is 2.05 bits per heavy atom. The lowest BCUT2D eigenvalue weighted by molar-refractivity contribution is 0.0697. The van der Waals surface area contributed by atoms with Crippen molar-refractivity contribution in [1.82, 2.24) is 4.72 Å². The van der Waals surface area contributed by atoms with Gasteiger partial charge in [0.15, 0.2) is 0 Å². The quantitative estimate of drug-likeness (QED) is 0.824. The van der Waals surface area contributed by atoms with Crippen LogP contribution in [-0.2, 0) is 10.0 Å². The van der Waals surface area contributed by atoms with Crippen molar-refractivity contribution in [2.75, 3.05) is 0 Å². The molecule has 0 radical (unpaired) electrons. The third-order valence-electron chi connectivity index (χ3n) is 3.30. The van der Waals surface area contributed by atoms with E-state index in [2.05, 4.69) is 4.72 Å². The van der Waals surface area contributed by atoms with Crippen LogP contribution in [0.15, 0.2) is 17.0 Å². The first-order chi connectivity index (χ1) is 9.72. The third kappa shape index (κ3) is 3.88. The number of hydrogen-bond donors (Lipinski definition) is 2. The zero-order valence-corrected chi connectivity index (χ0v) is 13.6. The minimum Gasteiger partial charge on any atom is -0.478 e. The Morgan fingerprint density at radius 3 is 2.57 bits per heavy atom. The smallest absolute Gasteiger partial charge is 0.338 e. The average Bonchev–Trinajstić information content (AvgIpc) is 3.10. The van der Waals surface area contributed by atoms with E-state index in [-0.39, 0.29) is 21.0 Å². The Bertz CT molecular complexity index is 671. The second-order valence-corrected chi connectivity index (χ2v) is 7.71. The van der Waals surface area contributed by atoms with Crippen LogP contribution >= 0.6 is 23.2 Å². The average molecular weight is 352 g/mol. The van der Waals surface area contributed by atoms with Gasteiger partial charge in [-0.3, -0.25) is 0 Å². The van der Waals surface area contributed by atoms with E-state index in [1.54, 1.807) is 6.92 Å². The van der Waals surface area contributed by atoms with Crippen LogP contribution in [0.25, 0.3) is 0 Å². The highest BCUT2D eigenvalue weighted by Gasteiger charge is 2.29. The standard InChI is InChI=1S/C13H15Cl2NO4S/c1-7(6-8-2-3-8)16-21(19,20)10-5-4-9(14)11(12(10)15)13(17)18/h4-5,7-8,16H,2-3,6H2,1H3,(H,17,18). The molecule has 0 amide bonds. The molecule has 1 aliphatic rings. The number of halogens is 2. The molecule has 1 aliphatic carbocycles. The minimum absolute atomic E-state index is 0.0996. The number of benzene rings is 1. The number of carboxylic acid groups (broad SMARTS) is 1. The predicted molar refractivity (Wildman–Crippen MR) is 80.5 cm³/mol. The van der Waals surface area contributed by atoms with Crippen LogP contribution in [0.4, 0.5) is 0 Å². The fourth-order valence-corrected chi connectivity index (χ4v) is 4.34. The van der Waals surface area contributed by atoms with E-state index in [0.717, 1.165) is 19.3 Å². The summed E-state index contributed by atoms with van der Waals surface area (Å²) in [5.41, 5.74) is -0.406. The summed E-state index contributed by atoms with van der Waals surface area (Å²) in [4.78, 5) is 10.8. The molecule has 0 saturated heterocycles. The number of sulfonamides is 1. The molecule has 0 aliphatic heterocycles. The van der Waals surface area contributed by atoms with Crippen LogP contribution in [-0.4, -0.2) is 25.5 Å². The van der Waals surface area contributed by atoms with Crippen molar-refractivity contribution in [2.45, 2.75) is 37.1 Å². The lowest BCUT2D eigenvalue weighted by Gasteiger charge is -2.15. The van der Waals surface area contributed by atoms with E-state index in [1.807, 2.05) is 0 Å². The van der Waals surface area contributed by atoms with Crippen LogP contribution in [0.2, 0.25) is 10.0 Å².